The molecule has 152 valence electrons. The molecule has 0 bridgehead atoms. The molecule has 29 heavy (non-hydrogen) atoms. The number of hydrogen-bond donors (Lipinski definition) is 0. The van der Waals surface area contributed by atoms with Crippen LogP contribution in [0.4, 0.5) is 8.78 Å². The lowest BCUT2D eigenvalue weighted by atomic mass is 10.1. The van der Waals surface area contributed by atoms with Gasteiger partial charge in [-0.15, -0.1) is 0 Å². The van der Waals surface area contributed by atoms with Gasteiger partial charge in [-0.05, 0) is 48.0 Å². The van der Waals surface area contributed by atoms with Crippen LogP contribution in [0.15, 0.2) is 47.1 Å². The minimum atomic E-state index is -3.05. The molecular weight excluding hydrogens is 388 g/mol. The van der Waals surface area contributed by atoms with E-state index in [1.165, 1.54) is 32.4 Å². The summed E-state index contributed by atoms with van der Waals surface area (Å²) in [7, 11) is 4.14. The highest BCUT2D eigenvalue weighted by molar-refractivity contribution is 6.12. The third-order valence-corrected chi connectivity index (χ3v) is 3.95. The number of rotatable bonds is 7. The predicted octanol–water partition coefficient (Wildman–Crippen LogP) is 3.66. The van der Waals surface area contributed by atoms with Gasteiger partial charge in [0.15, 0.2) is 17.2 Å². The summed E-state index contributed by atoms with van der Waals surface area (Å²) in [4.78, 5) is 16.4. The van der Waals surface area contributed by atoms with E-state index in [9.17, 15) is 13.6 Å². The molecule has 9 heteroatoms. The maximum Gasteiger partial charge on any atom is 0.387 e. The summed E-state index contributed by atoms with van der Waals surface area (Å²) < 4.78 is 50.3. The van der Waals surface area contributed by atoms with Gasteiger partial charge in [0.2, 0.25) is 11.6 Å². The van der Waals surface area contributed by atoms with Gasteiger partial charge in [-0.2, -0.15) is 8.78 Å². The summed E-state index contributed by atoms with van der Waals surface area (Å²) >= 11 is 0. The Morgan fingerprint density at radius 1 is 1.00 bits per heavy atom. The van der Waals surface area contributed by atoms with E-state index in [0.29, 0.717) is 16.9 Å². The number of halogens is 2. The number of cyclic esters (lactones) is 1. The fraction of sp³-hybridized carbons (Fsp3) is 0.200. The average molecular weight is 405 g/mol. The number of carbonyl (C=O) groups is 1. The van der Waals surface area contributed by atoms with Crippen LogP contribution in [-0.2, 0) is 9.53 Å². The quantitative estimate of drug-likeness (QED) is 0.517. The van der Waals surface area contributed by atoms with Gasteiger partial charge in [-0.3, -0.25) is 0 Å². The van der Waals surface area contributed by atoms with E-state index in [-0.39, 0.29) is 28.8 Å². The van der Waals surface area contributed by atoms with Crippen molar-refractivity contribution < 1.29 is 37.3 Å². The summed E-state index contributed by atoms with van der Waals surface area (Å²) in [6.45, 7) is -3.05. The van der Waals surface area contributed by atoms with Crippen molar-refractivity contribution in [3.8, 4) is 23.0 Å². The van der Waals surface area contributed by atoms with E-state index < -0.39 is 12.6 Å². The summed E-state index contributed by atoms with van der Waals surface area (Å²) in [5.74, 6) is -0.0742. The predicted molar refractivity (Wildman–Crippen MR) is 99.8 cm³/mol. The number of alkyl halides is 2. The number of carbonyl (C=O) groups excluding carboxylic acids is 1. The van der Waals surface area contributed by atoms with Gasteiger partial charge in [0.05, 0.1) is 21.3 Å². The lowest BCUT2D eigenvalue weighted by Crippen LogP contribution is -2.06. The second kappa shape index (κ2) is 8.59. The van der Waals surface area contributed by atoms with Crippen LogP contribution in [0.5, 0.6) is 23.0 Å². The van der Waals surface area contributed by atoms with Crippen molar-refractivity contribution in [3.63, 3.8) is 0 Å². The molecule has 0 aromatic heterocycles. The van der Waals surface area contributed by atoms with Gasteiger partial charge in [-0.25, -0.2) is 9.79 Å². The molecule has 0 spiro atoms. The molecule has 0 amide bonds. The van der Waals surface area contributed by atoms with Gasteiger partial charge in [0, 0.05) is 5.56 Å². The molecule has 0 unspecified atom stereocenters. The molecule has 0 fully saturated rings. The number of aliphatic imine (C=N–C) groups is 1. The molecule has 0 atom stereocenters. The van der Waals surface area contributed by atoms with E-state index in [2.05, 4.69) is 9.73 Å². The number of nitrogens with zero attached hydrogens (tertiary/aromatic N) is 1. The zero-order chi connectivity index (χ0) is 21.0. The fourth-order valence-corrected chi connectivity index (χ4v) is 2.61. The van der Waals surface area contributed by atoms with Gasteiger partial charge in [-0.1, -0.05) is 0 Å². The fourth-order valence-electron chi connectivity index (χ4n) is 2.61. The number of ether oxygens (including phenoxy) is 5. The number of hydrogen-bond acceptors (Lipinski definition) is 7. The third kappa shape index (κ3) is 4.45. The zero-order valence-corrected chi connectivity index (χ0v) is 15.8. The van der Waals surface area contributed by atoms with Crippen LogP contribution in [0, 0.1) is 0 Å². The second-order valence-corrected chi connectivity index (χ2v) is 5.70. The van der Waals surface area contributed by atoms with Crippen molar-refractivity contribution in [1.82, 2.24) is 0 Å². The smallest absolute Gasteiger partial charge is 0.387 e. The van der Waals surface area contributed by atoms with Crippen molar-refractivity contribution in [2.45, 2.75) is 6.61 Å². The van der Waals surface area contributed by atoms with Crippen LogP contribution in [0.3, 0.4) is 0 Å². The van der Waals surface area contributed by atoms with Gasteiger partial charge < -0.3 is 23.7 Å². The largest absolute Gasteiger partial charge is 0.497 e. The minimum Gasteiger partial charge on any atom is -0.497 e. The average Bonchev–Trinajstić information content (AvgIpc) is 3.08. The third-order valence-electron chi connectivity index (χ3n) is 3.95. The van der Waals surface area contributed by atoms with Crippen molar-refractivity contribution in [1.29, 1.82) is 0 Å². The second-order valence-electron chi connectivity index (χ2n) is 5.70. The standard InChI is InChI=1S/C20H17F2NO6/c1-25-13-6-4-12(5-7-13)18-23-14(19(24)29-18)8-11-9-15(26-2)17(28-20(21)22)16(10-11)27-3/h4-10,20H,1-3H3/b14-8-. The molecule has 0 saturated carbocycles. The summed E-state index contributed by atoms with van der Waals surface area (Å²) in [5.41, 5.74) is 1.05. The van der Waals surface area contributed by atoms with Crippen LogP contribution in [0.2, 0.25) is 0 Å². The summed E-state index contributed by atoms with van der Waals surface area (Å²) in [5, 5.41) is 0. The number of esters is 1. The Morgan fingerprint density at radius 2 is 1.62 bits per heavy atom. The van der Waals surface area contributed by atoms with E-state index in [1.807, 2.05) is 0 Å². The van der Waals surface area contributed by atoms with E-state index >= 15 is 0 Å². The van der Waals surface area contributed by atoms with E-state index in [0.717, 1.165) is 0 Å². The Kier molecular flexibility index (Phi) is 5.96. The molecule has 0 aliphatic carbocycles. The maximum absolute atomic E-state index is 12.7. The molecule has 2 aromatic rings. The topological polar surface area (TPSA) is 75.6 Å². The van der Waals surface area contributed by atoms with Crippen molar-refractivity contribution in [2.75, 3.05) is 21.3 Å². The van der Waals surface area contributed by atoms with Crippen LogP contribution >= 0.6 is 0 Å². The van der Waals surface area contributed by atoms with Crippen LogP contribution in [0.1, 0.15) is 11.1 Å². The number of benzene rings is 2. The van der Waals surface area contributed by atoms with Gasteiger partial charge in [0.1, 0.15) is 5.75 Å². The van der Waals surface area contributed by atoms with Crippen LogP contribution in [0.25, 0.3) is 6.08 Å². The first kappa shape index (κ1) is 20.1. The molecule has 7 nitrogen and oxygen atoms in total. The van der Waals surface area contributed by atoms with Crippen LogP contribution in [-0.4, -0.2) is 39.8 Å². The Labute approximate surface area is 165 Å². The molecule has 0 saturated heterocycles. The Bertz CT molecular complexity index is 944. The molecule has 0 radical (unpaired) electrons. The summed E-state index contributed by atoms with van der Waals surface area (Å²) in [6, 6.07) is 9.67. The molecule has 0 N–H and O–H groups in total. The van der Waals surface area contributed by atoms with Crippen molar-refractivity contribution in [2.24, 2.45) is 4.99 Å². The van der Waals surface area contributed by atoms with Gasteiger partial charge in [0.25, 0.3) is 0 Å². The monoisotopic (exact) mass is 405 g/mol. The maximum atomic E-state index is 12.7. The molecular formula is C20H17F2NO6. The first-order chi connectivity index (χ1) is 13.9. The lowest BCUT2D eigenvalue weighted by molar-refractivity contribution is -0.129. The molecule has 1 heterocycles. The Morgan fingerprint density at radius 3 is 2.14 bits per heavy atom. The molecule has 1 aliphatic rings. The molecule has 3 rings (SSSR count). The van der Waals surface area contributed by atoms with Crippen LogP contribution < -0.4 is 18.9 Å². The van der Waals surface area contributed by atoms with E-state index in [1.54, 1.807) is 31.4 Å². The normalized spacial score (nSPS) is 14.6. The highest BCUT2D eigenvalue weighted by atomic mass is 19.3. The van der Waals surface area contributed by atoms with E-state index in [4.69, 9.17) is 18.9 Å². The van der Waals surface area contributed by atoms with Crippen molar-refractivity contribution >= 4 is 17.9 Å². The highest BCUT2D eigenvalue weighted by Crippen LogP contribution is 2.40. The number of methoxy groups -OCH3 is 3. The molecule has 2 aromatic carbocycles. The van der Waals surface area contributed by atoms with Gasteiger partial charge >= 0.3 is 12.6 Å². The molecule has 1 aliphatic heterocycles. The Balaban J connectivity index is 1.95. The first-order valence-corrected chi connectivity index (χ1v) is 8.33. The zero-order valence-electron chi connectivity index (χ0n) is 15.8. The minimum absolute atomic E-state index is 0.0159. The summed E-state index contributed by atoms with van der Waals surface area (Å²) in [6.07, 6.45) is 1.43. The Hall–Kier alpha value is -3.62. The SMILES string of the molecule is COc1ccc(C2=N/C(=C\c3cc(OC)c(OC(F)F)c(OC)c3)C(=O)O2)cc1. The highest BCUT2D eigenvalue weighted by Gasteiger charge is 2.25. The van der Waals surface area contributed by atoms with Crippen molar-refractivity contribution in [3.05, 3.63) is 53.2 Å². The first-order valence-electron chi connectivity index (χ1n) is 8.33. The lowest BCUT2D eigenvalue weighted by Gasteiger charge is -2.14.